The second kappa shape index (κ2) is 6.35. The molecule has 3 unspecified atom stereocenters. The quantitative estimate of drug-likeness (QED) is 0.861. The molecule has 3 heteroatoms. The van der Waals surface area contributed by atoms with Gasteiger partial charge in [-0.15, -0.1) is 0 Å². The first-order valence-corrected chi connectivity index (χ1v) is 8.31. The number of fused-ring (bicyclic) bond motifs is 1. The Morgan fingerprint density at radius 3 is 2.62 bits per heavy atom. The number of likely N-dealkylation sites (N-methyl/N-ethyl adjacent to an activating group) is 1. The topological polar surface area (TPSA) is 21.3 Å². The van der Waals surface area contributed by atoms with Crippen LogP contribution in [0.5, 0.6) is 5.75 Å². The maximum Gasteiger partial charge on any atom is 0.168 e. The van der Waals surface area contributed by atoms with Gasteiger partial charge >= 0.3 is 0 Å². The second-order valence-electron chi connectivity index (χ2n) is 6.49. The molecule has 2 fully saturated rings. The van der Waals surface area contributed by atoms with E-state index in [0.717, 1.165) is 36.3 Å². The summed E-state index contributed by atoms with van der Waals surface area (Å²) in [7, 11) is 1.53. The van der Waals surface area contributed by atoms with Gasteiger partial charge in [-0.1, -0.05) is 31.9 Å². The molecule has 0 aromatic heterocycles. The lowest BCUT2D eigenvalue weighted by Crippen LogP contribution is -2.34. The summed E-state index contributed by atoms with van der Waals surface area (Å²) in [6.07, 6.45) is 6.28. The van der Waals surface area contributed by atoms with Crippen molar-refractivity contribution >= 4 is 0 Å². The first-order valence-electron chi connectivity index (χ1n) is 8.31. The minimum atomic E-state index is -0.188. The van der Waals surface area contributed by atoms with Crippen LogP contribution < -0.4 is 10.1 Å². The van der Waals surface area contributed by atoms with E-state index in [1.807, 2.05) is 12.1 Å². The third kappa shape index (κ3) is 2.94. The van der Waals surface area contributed by atoms with Crippen LogP contribution in [-0.4, -0.2) is 19.7 Å². The van der Waals surface area contributed by atoms with E-state index in [2.05, 4.69) is 12.2 Å². The van der Waals surface area contributed by atoms with Crippen LogP contribution >= 0.6 is 0 Å². The monoisotopic (exact) mass is 291 g/mol. The second-order valence-corrected chi connectivity index (χ2v) is 6.49. The van der Waals surface area contributed by atoms with E-state index in [4.69, 9.17) is 4.74 Å². The standard InChI is InChI=1S/C18H26FNO/c1-3-20-15(17-13-8-4-5-9-14(13)17)11-12-7-6-10-16(21-2)18(12)19/h6-7,10,13-15,17,20H,3-5,8-9,11H2,1-2H3. The summed E-state index contributed by atoms with van der Waals surface area (Å²) in [6, 6.07) is 5.89. The Bertz CT molecular complexity index is 478. The highest BCUT2D eigenvalue weighted by atomic mass is 19.1. The van der Waals surface area contributed by atoms with Gasteiger partial charge in [-0.2, -0.15) is 0 Å². The van der Waals surface area contributed by atoms with Crippen molar-refractivity contribution in [3.8, 4) is 5.75 Å². The number of rotatable bonds is 6. The Balaban J connectivity index is 1.74. The fourth-order valence-electron chi connectivity index (χ4n) is 4.36. The summed E-state index contributed by atoms with van der Waals surface area (Å²) in [5.74, 6) is 2.69. The Labute approximate surface area is 127 Å². The van der Waals surface area contributed by atoms with Crippen molar-refractivity contribution in [3.63, 3.8) is 0 Å². The van der Waals surface area contributed by atoms with Crippen LogP contribution in [0.1, 0.15) is 38.2 Å². The Hall–Kier alpha value is -1.09. The highest BCUT2D eigenvalue weighted by Crippen LogP contribution is 2.57. The average Bonchev–Trinajstić information content (AvgIpc) is 3.23. The summed E-state index contributed by atoms with van der Waals surface area (Å²) < 4.78 is 19.5. The third-order valence-electron chi connectivity index (χ3n) is 5.36. The third-order valence-corrected chi connectivity index (χ3v) is 5.36. The van der Waals surface area contributed by atoms with E-state index < -0.39 is 0 Å². The van der Waals surface area contributed by atoms with Crippen molar-refractivity contribution in [3.05, 3.63) is 29.6 Å². The van der Waals surface area contributed by atoms with Gasteiger partial charge in [0, 0.05) is 6.04 Å². The summed E-state index contributed by atoms with van der Waals surface area (Å²) in [4.78, 5) is 0. The molecular formula is C18H26FNO. The number of hydrogen-bond donors (Lipinski definition) is 1. The van der Waals surface area contributed by atoms with Crippen molar-refractivity contribution in [1.29, 1.82) is 0 Å². The average molecular weight is 291 g/mol. The molecule has 3 rings (SSSR count). The van der Waals surface area contributed by atoms with Gasteiger partial charge in [-0.3, -0.25) is 0 Å². The normalized spacial score (nSPS) is 28.8. The Morgan fingerprint density at radius 1 is 1.29 bits per heavy atom. The molecule has 0 radical (unpaired) electrons. The van der Waals surface area contributed by atoms with E-state index in [-0.39, 0.29) is 5.82 Å². The zero-order valence-electron chi connectivity index (χ0n) is 13.1. The number of benzene rings is 1. The first-order chi connectivity index (χ1) is 10.3. The first kappa shape index (κ1) is 14.8. The highest BCUT2D eigenvalue weighted by Gasteiger charge is 2.53. The van der Waals surface area contributed by atoms with Gasteiger partial charge in [0.15, 0.2) is 11.6 Å². The maximum absolute atomic E-state index is 14.4. The van der Waals surface area contributed by atoms with E-state index in [0.29, 0.717) is 11.8 Å². The molecule has 0 bridgehead atoms. The van der Waals surface area contributed by atoms with E-state index in [1.165, 1.54) is 32.8 Å². The van der Waals surface area contributed by atoms with Crippen molar-refractivity contribution in [1.82, 2.24) is 5.32 Å². The molecule has 3 atom stereocenters. The SMILES string of the molecule is CCNC(Cc1cccc(OC)c1F)C1C2CCCCC21. The van der Waals surface area contributed by atoms with E-state index in [1.54, 1.807) is 6.07 Å². The van der Waals surface area contributed by atoms with Crippen LogP contribution in [0.15, 0.2) is 18.2 Å². The van der Waals surface area contributed by atoms with Gasteiger partial charge < -0.3 is 10.1 Å². The van der Waals surface area contributed by atoms with Crippen molar-refractivity contribution < 1.29 is 9.13 Å². The number of methoxy groups -OCH3 is 1. The van der Waals surface area contributed by atoms with Gasteiger partial charge in [-0.25, -0.2) is 4.39 Å². The zero-order chi connectivity index (χ0) is 14.8. The number of hydrogen-bond acceptors (Lipinski definition) is 2. The van der Waals surface area contributed by atoms with Crippen molar-refractivity contribution in [2.24, 2.45) is 17.8 Å². The predicted molar refractivity (Wildman–Crippen MR) is 83.1 cm³/mol. The lowest BCUT2D eigenvalue weighted by Gasteiger charge is -2.19. The fourth-order valence-corrected chi connectivity index (χ4v) is 4.36. The van der Waals surface area contributed by atoms with Gasteiger partial charge in [0.05, 0.1) is 7.11 Å². The molecular weight excluding hydrogens is 265 g/mol. The molecule has 0 saturated heterocycles. The summed E-state index contributed by atoms with van der Waals surface area (Å²) in [5.41, 5.74) is 0.781. The highest BCUT2D eigenvalue weighted by molar-refractivity contribution is 5.32. The van der Waals surface area contributed by atoms with Gasteiger partial charge in [-0.05, 0) is 55.2 Å². The molecule has 2 saturated carbocycles. The molecule has 1 N–H and O–H groups in total. The lowest BCUT2D eigenvalue weighted by molar-refractivity contribution is 0.379. The maximum atomic E-state index is 14.4. The zero-order valence-corrected chi connectivity index (χ0v) is 13.1. The molecule has 0 heterocycles. The van der Waals surface area contributed by atoms with E-state index in [9.17, 15) is 4.39 Å². The smallest absolute Gasteiger partial charge is 0.168 e. The lowest BCUT2D eigenvalue weighted by atomic mass is 9.99. The number of ether oxygens (including phenoxy) is 1. The Kier molecular flexibility index (Phi) is 4.48. The van der Waals surface area contributed by atoms with Gasteiger partial charge in [0.25, 0.3) is 0 Å². The molecule has 116 valence electrons. The summed E-state index contributed by atoms with van der Waals surface area (Å²) in [5, 5.41) is 3.61. The molecule has 1 aromatic rings. The van der Waals surface area contributed by atoms with Crippen LogP contribution in [0.25, 0.3) is 0 Å². The molecule has 0 spiro atoms. The van der Waals surface area contributed by atoms with Gasteiger partial charge in [0.1, 0.15) is 0 Å². The molecule has 1 aromatic carbocycles. The van der Waals surface area contributed by atoms with Crippen LogP contribution in [0.4, 0.5) is 4.39 Å². The minimum absolute atomic E-state index is 0.188. The van der Waals surface area contributed by atoms with Gasteiger partial charge in [0.2, 0.25) is 0 Å². The van der Waals surface area contributed by atoms with Crippen LogP contribution in [0.2, 0.25) is 0 Å². The fraction of sp³-hybridized carbons (Fsp3) is 0.667. The molecule has 21 heavy (non-hydrogen) atoms. The summed E-state index contributed by atoms with van der Waals surface area (Å²) >= 11 is 0. The van der Waals surface area contributed by atoms with Crippen LogP contribution in [-0.2, 0) is 6.42 Å². The molecule has 0 amide bonds. The number of halogens is 1. The Morgan fingerprint density at radius 2 is 2.00 bits per heavy atom. The largest absolute Gasteiger partial charge is 0.494 e. The van der Waals surface area contributed by atoms with Crippen LogP contribution in [0, 0.1) is 23.6 Å². The molecule has 2 aliphatic carbocycles. The van der Waals surface area contributed by atoms with Crippen LogP contribution in [0.3, 0.4) is 0 Å². The van der Waals surface area contributed by atoms with Crippen molar-refractivity contribution in [2.75, 3.05) is 13.7 Å². The minimum Gasteiger partial charge on any atom is -0.494 e. The molecule has 2 aliphatic rings. The molecule has 2 nitrogen and oxygen atoms in total. The molecule has 0 aliphatic heterocycles. The van der Waals surface area contributed by atoms with E-state index >= 15 is 0 Å². The number of nitrogens with one attached hydrogen (secondary N) is 1. The predicted octanol–water partition coefficient (Wildman–Crippen LogP) is 3.79. The van der Waals surface area contributed by atoms with Crippen molar-refractivity contribution in [2.45, 2.75) is 45.1 Å². The summed E-state index contributed by atoms with van der Waals surface area (Å²) in [6.45, 7) is 3.09.